The molecule has 7 nitrogen and oxygen atoms in total. The predicted octanol–water partition coefficient (Wildman–Crippen LogP) is 2.13. The lowest BCUT2D eigenvalue weighted by Crippen LogP contribution is -2.44. The zero-order chi connectivity index (χ0) is 18.4. The van der Waals surface area contributed by atoms with Crippen molar-refractivity contribution in [2.24, 2.45) is 5.92 Å². The monoisotopic (exact) mass is 348 g/mol. The van der Waals surface area contributed by atoms with E-state index in [0.29, 0.717) is 17.9 Å². The number of hydrogen-bond donors (Lipinski definition) is 2. The van der Waals surface area contributed by atoms with Gasteiger partial charge in [0.2, 0.25) is 5.91 Å². The Balaban J connectivity index is 1.93. The van der Waals surface area contributed by atoms with Crippen molar-refractivity contribution in [3.63, 3.8) is 0 Å². The molecule has 25 heavy (non-hydrogen) atoms. The molecule has 2 rings (SSSR count). The minimum atomic E-state index is -1.06. The number of hydrogen-bond acceptors (Lipinski definition) is 4. The first kappa shape index (κ1) is 18.8. The van der Waals surface area contributed by atoms with Crippen molar-refractivity contribution >= 4 is 23.5 Å². The summed E-state index contributed by atoms with van der Waals surface area (Å²) < 4.78 is 5.49. The Morgan fingerprint density at radius 2 is 2.08 bits per heavy atom. The summed E-state index contributed by atoms with van der Waals surface area (Å²) in [4.78, 5) is 36.3. The third-order valence-electron chi connectivity index (χ3n) is 4.16. The van der Waals surface area contributed by atoms with Gasteiger partial charge in [-0.1, -0.05) is 13.0 Å². The number of benzene rings is 1. The van der Waals surface area contributed by atoms with E-state index in [1.165, 1.54) is 4.90 Å². The molecule has 1 aromatic carbocycles. The van der Waals surface area contributed by atoms with Crippen LogP contribution in [0.15, 0.2) is 24.3 Å². The molecule has 2 amide bonds. The molecule has 0 radical (unpaired) electrons. The molecule has 136 valence electrons. The van der Waals surface area contributed by atoms with Crippen LogP contribution in [0.25, 0.3) is 0 Å². The summed E-state index contributed by atoms with van der Waals surface area (Å²) in [7, 11) is 0. The van der Waals surface area contributed by atoms with Crippen LogP contribution in [0, 0.1) is 5.92 Å². The fourth-order valence-electron chi connectivity index (χ4n) is 2.34. The first-order valence-electron chi connectivity index (χ1n) is 8.45. The molecule has 1 unspecified atom stereocenters. The molecule has 1 aromatic rings. The molecule has 1 atom stereocenters. The van der Waals surface area contributed by atoms with E-state index in [4.69, 9.17) is 9.84 Å². The number of amides is 2. The van der Waals surface area contributed by atoms with E-state index in [2.05, 4.69) is 5.32 Å². The number of anilines is 1. The van der Waals surface area contributed by atoms with Crippen molar-refractivity contribution in [1.82, 2.24) is 4.90 Å². The fourth-order valence-corrected chi connectivity index (χ4v) is 2.34. The van der Waals surface area contributed by atoms with Crippen molar-refractivity contribution in [2.75, 3.05) is 18.5 Å². The van der Waals surface area contributed by atoms with Gasteiger partial charge in [-0.2, -0.15) is 0 Å². The van der Waals surface area contributed by atoms with Crippen LogP contribution in [0.4, 0.5) is 5.69 Å². The molecule has 0 aliphatic heterocycles. The highest BCUT2D eigenvalue weighted by Crippen LogP contribution is 2.30. The van der Waals surface area contributed by atoms with Crippen LogP contribution in [0.2, 0.25) is 0 Å². The van der Waals surface area contributed by atoms with Crippen LogP contribution in [-0.2, 0) is 14.4 Å². The minimum Gasteiger partial charge on any atom is -0.484 e. The topological polar surface area (TPSA) is 95.9 Å². The van der Waals surface area contributed by atoms with Gasteiger partial charge in [0, 0.05) is 23.7 Å². The standard InChI is InChI=1S/C18H24N2O5/c1-3-12(2)20(10-17(22)23)16(21)11-25-15-6-4-5-14(9-15)19-18(24)13-7-8-13/h4-6,9,12-13H,3,7-8,10-11H2,1-2H3,(H,19,24)(H,22,23). The number of carbonyl (C=O) groups excluding carboxylic acids is 2. The van der Waals surface area contributed by atoms with Crippen molar-refractivity contribution in [1.29, 1.82) is 0 Å². The van der Waals surface area contributed by atoms with E-state index in [1.807, 2.05) is 6.92 Å². The van der Waals surface area contributed by atoms with Gasteiger partial charge in [0.15, 0.2) is 6.61 Å². The van der Waals surface area contributed by atoms with E-state index in [-0.39, 0.29) is 36.9 Å². The van der Waals surface area contributed by atoms with E-state index in [9.17, 15) is 14.4 Å². The zero-order valence-electron chi connectivity index (χ0n) is 14.5. The highest BCUT2D eigenvalue weighted by molar-refractivity contribution is 5.94. The van der Waals surface area contributed by atoms with E-state index < -0.39 is 5.97 Å². The van der Waals surface area contributed by atoms with E-state index in [0.717, 1.165) is 12.8 Å². The lowest BCUT2D eigenvalue weighted by Gasteiger charge is -2.26. The quantitative estimate of drug-likeness (QED) is 0.713. The van der Waals surface area contributed by atoms with Crippen LogP contribution >= 0.6 is 0 Å². The van der Waals surface area contributed by atoms with Crippen LogP contribution in [-0.4, -0.2) is 47.0 Å². The second-order valence-electron chi connectivity index (χ2n) is 6.25. The third kappa shape index (κ3) is 5.77. The minimum absolute atomic E-state index is 0.00219. The number of rotatable bonds is 9. The van der Waals surface area contributed by atoms with Gasteiger partial charge in [-0.15, -0.1) is 0 Å². The van der Waals surface area contributed by atoms with Gasteiger partial charge in [-0.3, -0.25) is 14.4 Å². The zero-order valence-corrected chi connectivity index (χ0v) is 14.5. The summed E-state index contributed by atoms with van der Waals surface area (Å²) in [6.07, 6.45) is 2.50. The highest BCUT2D eigenvalue weighted by Gasteiger charge is 2.29. The molecule has 0 aromatic heterocycles. The second-order valence-corrected chi connectivity index (χ2v) is 6.25. The summed E-state index contributed by atoms with van der Waals surface area (Å²) in [5.41, 5.74) is 0.617. The van der Waals surface area contributed by atoms with Gasteiger partial charge in [-0.25, -0.2) is 0 Å². The molecular weight excluding hydrogens is 324 g/mol. The van der Waals surface area contributed by atoms with Gasteiger partial charge in [0.1, 0.15) is 12.3 Å². The SMILES string of the molecule is CCC(C)N(CC(=O)O)C(=O)COc1cccc(NC(=O)C2CC2)c1. The summed E-state index contributed by atoms with van der Waals surface area (Å²) in [6.45, 7) is 3.08. The average molecular weight is 348 g/mol. The number of carboxylic acids is 1. The number of carboxylic acid groups (broad SMARTS) is 1. The maximum atomic E-state index is 12.3. The van der Waals surface area contributed by atoms with Crippen molar-refractivity contribution < 1.29 is 24.2 Å². The number of nitrogens with zero attached hydrogens (tertiary/aromatic N) is 1. The van der Waals surface area contributed by atoms with E-state index in [1.54, 1.807) is 31.2 Å². The molecule has 0 bridgehead atoms. The Morgan fingerprint density at radius 1 is 1.36 bits per heavy atom. The molecule has 2 N–H and O–H groups in total. The van der Waals surface area contributed by atoms with Crippen molar-refractivity contribution in [3.8, 4) is 5.75 Å². The largest absolute Gasteiger partial charge is 0.484 e. The Bertz CT molecular complexity index is 642. The first-order valence-corrected chi connectivity index (χ1v) is 8.45. The van der Waals surface area contributed by atoms with Crippen molar-refractivity contribution in [3.05, 3.63) is 24.3 Å². The lowest BCUT2D eigenvalue weighted by molar-refractivity contribution is -0.147. The molecule has 1 fully saturated rings. The van der Waals surface area contributed by atoms with E-state index >= 15 is 0 Å². The summed E-state index contributed by atoms with van der Waals surface area (Å²) >= 11 is 0. The normalized spacial score (nSPS) is 14.5. The van der Waals surface area contributed by atoms with Gasteiger partial charge in [-0.05, 0) is 38.3 Å². The highest BCUT2D eigenvalue weighted by atomic mass is 16.5. The number of nitrogens with one attached hydrogen (secondary N) is 1. The molecule has 1 aliphatic carbocycles. The molecule has 1 saturated carbocycles. The Hall–Kier alpha value is -2.57. The van der Waals surface area contributed by atoms with Crippen LogP contribution in [0.3, 0.4) is 0 Å². The summed E-state index contributed by atoms with van der Waals surface area (Å²) in [5, 5.41) is 11.8. The van der Waals surface area contributed by atoms with Gasteiger partial charge in [0.25, 0.3) is 5.91 Å². The van der Waals surface area contributed by atoms with Gasteiger partial charge < -0.3 is 20.1 Å². The maximum Gasteiger partial charge on any atom is 0.323 e. The van der Waals surface area contributed by atoms with Crippen LogP contribution in [0.5, 0.6) is 5.75 Å². The fraction of sp³-hybridized carbons (Fsp3) is 0.500. The summed E-state index contributed by atoms with van der Waals surface area (Å²) in [6, 6.07) is 6.64. The second kappa shape index (κ2) is 8.50. The first-order chi connectivity index (χ1) is 11.9. The predicted molar refractivity (Wildman–Crippen MR) is 92.4 cm³/mol. The average Bonchev–Trinajstić information content (AvgIpc) is 3.42. The third-order valence-corrected chi connectivity index (χ3v) is 4.16. The molecule has 7 heteroatoms. The molecule has 0 saturated heterocycles. The molecule has 0 spiro atoms. The molecule has 0 heterocycles. The maximum absolute atomic E-state index is 12.3. The van der Waals surface area contributed by atoms with Crippen LogP contribution < -0.4 is 10.1 Å². The van der Waals surface area contributed by atoms with Crippen LogP contribution in [0.1, 0.15) is 33.1 Å². The van der Waals surface area contributed by atoms with Crippen molar-refractivity contribution in [2.45, 2.75) is 39.2 Å². The number of carbonyl (C=O) groups is 3. The smallest absolute Gasteiger partial charge is 0.323 e. The van der Waals surface area contributed by atoms with Gasteiger partial charge in [0.05, 0.1) is 0 Å². The Labute approximate surface area is 147 Å². The summed E-state index contributed by atoms with van der Waals surface area (Å²) in [5.74, 6) is -0.895. The number of ether oxygens (including phenoxy) is 1. The lowest BCUT2D eigenvalue weighted by atomic mass is 10.2. The van der Waals surface area contributed by atoms with Gasteiger partial charge >= 0.3 is 5.97 Å². The number of aliphatic carboxylic acids is 1. The molecular formula is C18H24N2O5. The molecule has 1 aliphatic rings. The Morgan fingerprint density at radius 3 is 2.68 bits per heavy atom. The Kier molecular flexibility index (Phi) is 6.38.